The molecule has 3 saturated carbocycles. The van der Waals surface area contributed by atoms with Gasteiger partial charge in [-0.3, -0.25) is 36.3 Å². The first-order valence-electron chi connectivity index (χ1n) is 35.1. The third-order valence-electron chi connectivity index (χ3n) is 18.0. The van der Waals surface area contributed by atoms with Crippen molar-refractivity contribution in [1.29, 1.82) is 5.41 Å². The molecule has 9 aromatic rings. The molecule has 3 atom stereocenters. The maximum atomic E-state index is 13.1. The zero-order valence-electron chi connectivity index (χ0n) is 61.6. The van der Waals surface area contributed by atoms with Crippen LogP contribution in [0.1, 0.15) is 141 Å². The number of carbonyl (C=O) groups excluding carboxylic acids is 3. The van der Waals surface area contributed by atoms with Crippen LogP contribution in [-0.2, 0) is 19.2 Å². The number of nitrogens with zero attached hydrogens (tertiary/aromatic N) is 22. The van der Waals surface area contributed by atoms with E-state index >= 15 is 0 Å². The lowest BCUT2D eigenvalue weighted by atomic mass is 10.0. The topological polar surface area (TPSA) is 448 Å². The Morgan fingerprint density at radius 3 is 1.21 bits per heavy atom. The van der Waals surface area contributed by atoms with E-state index in [-0.39, 0.29) is 46.6 Å². The van der Waals surface area contributed by atoms with E-state index in [2.05, 4.69) is 135 Å². The van der Waals surface area contributed by atoms with Gasteiger partial charge >= 0.3 is 0 Å². The number of aliphatic carboxylic acids is 1. The van der Waals surface area contributed by atoms with Gasteiger partial charge in [-0.1, -0.05) is 138 Å². The van der Waals surface area contributed by atoms with E-state index in [9.17, 15) is 14.4 Å². The highest BCUT2D eigenvalue weighted by Gasteiger charge is 2.44. The molecule has 566 valence electrons. The summed E-state index contributed by atoms with van der Waals surface area (Å²) in [4.78, 5) is 86.6. The molecule has 10 N–H and O–H groups in total. The Morgan fingerprint density at radius 1 is 0.519 bits per heavy atom. The lowest BCUT2D eigenvalue weighted by Crippen LogP contribution is -2.55. The minimum atomic E-state index is -0.833. The molecular formula is C75H93ClN26O6. The molecule has 0 radical (unpaired) electrons. The second kappa shape index (κ2) is 44.6. The molecule has 3 aliphatic heterocycles. The highest BCUT2D eigenvalue weighted by Crippen LogP contribution is 2.43. The number of likely N-dealkylation sites (N-methyl/N-ethyl adjacent to an activating group) is 3. The van der Waals surface area contributed by atoms with Crippen molar-refractivity contribution < 1.29 is 29.8 Å². The molecule has 9 heterocycles. The molecule has 0 bridgehead atoms. The summed E-state index contributed by atoms with van der Waals surface area (Å²) in [6, 6.07) is 30.1. The number of amides is 3. The van der Waals surface area contributed by atoms with Crippen LogP contribution in [0.15, 0.2) is 147 Å². The highest BCUT2D eigenvalue weighted by atomic mass is 35.5. The first-order chi connectivity index (χ1) is 52.1. The molecular weight excluding hydrogens is 1400 g/mol. The summed E-state index contributed by atoms with van der Waals surface area (Å²) < 4.78 is 0. The zero-order chi connectivity index (χ0) is 77.0. The molecule has 0 spiro atoms. The van der Waals surface area contributed by atoms with Gasteiger partial charge in [-0.15, -0.1) is 47.2 Å². The molecule has 32 nitrogen and oxygen atoms in total. The second-order valence-corrected chi connectivity index (χ2v) is 24.9. The number of rotatable bonds is 8. The van der Waals surface area contributed by atoms with Gasteiger partial charge in [-0.2, -0.15) is 15.2 Å². The number of anilines is 6. The Kier molecular flexibility index (Phi) is 35.1. The Bertz CT molecular complexity index is 4260. The maximum absolute atomic E-state index is 13.1. The fourth-order valence-corrected chi connectivity index (χ4v) is 13.3. The van der Waals surface area contributed by atoms with Gasteiger partial charge in [-0.05, 0) is 105 Å². The number of carboxylic acid groups (broad SMARTS) is 1. The van der Waals surface area contributed by atoms with E-state index in [1.807, 2.05) is 112 Å². The van der Waals surface area contributed by atoms with E-state index in [1.165, 1.54) is 63.8 Å². The lowest BCUT2D eigenvalue weighted by Gasteiger charge is -2.43. The number of aromatic nitrogens is 16. The van der Waals surface area contributed by atoms with Crippen LogP contribution in [-0.4, -0.2) is 179 Å². The lowest BCUT2D eigenvalue weighted by molar-refractivity contribution is -0.134. The van der Waals surface area contributed by atoms with E-state index in [1.54, 1.807) is 52.7 Å². The first-order valence-corrected chi connectivity index (χ1v) is 35.5. The summed E-state index contributed by atoms with van der Waals surface area (Å²) in [5.41, 5.74) is 11.4. The predicted octanol–water partition coefficient (Wildman–Crippen LogP) is 7.96. The number of hydrogen-bond acceptors (Lipinski definition) is 26. The molecule has 108 heavy (non-hydrogen) atoms. The Balaban J connectivity index is 0.000000215. The van der Waals surface area contributed by atoms with Crippen LogP contribution in [0.5, 0.6) is 0 Å². The quantitative estimate of drug-likeness (QED) is 0.0240. The fourth-order valence-electron chi connectivity index (χ4n) is 13.2. The van der Waals surface area contributed by atoms with Gasteiger partial charge in [0, 0.05) is 68.4 Å². The van der Waals surface area contributed by atoms with Crippen LogP contribution < -0.4 is 46.8 Å². The summed E-state index contributed by atoms with van der Waals surface area (Å²) in [6.07, 6.45) is 35.8. The summed E-state index contributed by atoms with van der Waals surface area (Å²) in [6.45, 7) is 7.28. The van der Waals surface area contributed by atoms with Gasteiger partial charge in [0.1, 0.15) is 35.2 Å². The fraction of sp³-hybridized carbons (Fsp3) is 0.373. The molecule has 15 rings (SSSR count). The van der Waals surface area contributed by atoms with Crippen molar-refractivity contribution in [2.75, 3.05) is 50.5 Å². The largest absolute Gasteiger partial charge is 0.481 e. The Hall–Kier alpha value is -12.1. The number of terminal acetylenes is 1. The number of carbonyl (C=O) groups is 4. The Labute approximate surface area is 633 Å². The first kappa shape index (κ1) is 84.8. The third-order valence-corrected chi connectivity index (χ3v) is 18.2. The number of hydrazine groups is 1. The molecule has 3 aliphatic carbocycles. The molecule has 3 amide bonds. The van der Waals surface area contributed by atoms with Crippen molar-refractivity contribution in [3.8, 4) is 46.7 Å². The molecule has 3 fully saturated rings. The number of hydrogen-bond donors (Lipinski definition) is 5. The normalized spacial score (nSPS) is 16.6. The van der Waals surface area contributed by atoms with Crippen molar-refractivity contribution in [2.45, 2.75) is 160 Å². The maximum Gasteiger partial charge on any atom is 0.300 e. The van der Waals surface area contributed by atoms with Crippen molar-refractivity contribution >= 4 is 76.1 Å². The molecule has 33 heteroatoms. The SMILES string of the molecule is C#Cc1ccccc1.CC(=O)O.CC[C@@H]1C(=O)N(C)c2cnc(-c3cnncc3-c3ccccc3)nc2N1C1CCCC1.CC[C@@H]1C(=O)N(C)c2cnc(C#Cc3ccccc3)nc2N1C1CCCC1.CC[C@@H]1C(=O)N(C)c2cnc(Cl)nc2N1C1CCCC1.N=CN.NN.O.c1nncnn1.c1nncnn1. The van der Waals surface area contributed by atoms with Crippen LogP contribution in [0.3, 0.4) is 0 Å². The summed E-state index contributed by atoms with van der Waals surface area (Å²) in [5, 5.41) is 48.6. The van der Waals surface area contributed by atoms with Crippen molar-refractivity contribution in [1.82, 2.24) is 80.9 Å². The number of nitrogens with two attached hydrogens (primary N) is 3. The van der Waals surface area contributed by atoms with Crippen LogP contribution in [0, 0.1) is 29.6 Å². The van der Waals surface area contributed by atoms with E-state index in [4.69, 9.17) is 43.3 Å². The monoisotopic (exact) mass is 1490 g/mol. The van der Waals surface area contributed by atoms with E-state index in [0.29, 0.717) is 29.8 Å². The van der Waals surface area contributed by atoms with Gasteiger partial charge in [0.25, 0.3) is 5.97 Å². The zero-order valence-corrected chi connectivity index (χ0v) is 62.4. The predicted molar refractivity (Wildman–Crippen MR) is 415 cm³/mol. The molecule has 3 aromatic carbocycles. The van der Waals surface area contributed by atoms with Crippen LogP contribution in [0.25, 0.3) is 22.5 Å². The van der Waals surface area contributed by atoms with Gasteiger partial charge < -0.3 is 45.7 Å². The minimum Gasteiger partial charge on any atom is -0.481 e. The standard InChI is InChI=1S/C24H26N6O.C22H24N4O.C14H19ClN4O.C8H6.2C2H2N4.C2H4O2.CH4N2.H4N2.H2O/c1-3-20-24(31)29(2)21-15-25-22(28-23(21)30(20)17-11-7-8-12-17)19-14-27-26-13-18(19)16-9-5-4-6-10-16;1-3-18-22(27)25(2)19-15-23-20(14-13-16-9-5-4-6-10-16)24-21(19)26(18)17-11-7-8-12-17;1-3-10-13(20)18(2)11-8-16-14(15)17-12(11)19(10)9-6-4-5-7-9;1-2-8-6-4-3-5-7-8;2*1-3-5-2-6-4-1;1-2(3)4;2-1-3;1-2;/h4-6,9-10,13-15,17,20H,3,7-8,11-12H2,1-2H3;4-6,9-10,15,17-18H,3,7-8,11-12H2,1-2H3;8-10H,3-7H2,1-2H3;1,3-7H;2*1-2H;1H3,(H,3,4);1H,(H3,2,3);1-2H2;1H2/t20-;18-;10-;;;;;;;/m111......./s1. The molecule has 0 unspecified atom stereocenters. The van der Waals surface area contributed by atoms with Gasteiger partial charge in [-0.25, -0.2) is 24.9 Å². The summed E-state index contributed by atoms with van der Waals surface area (Å²) in [5.74, 6) is 19.9. The molecule has 6 aromatic heterocycles. The second-order valence-electron chi connectivity index (χ2n) is 24.5. The van der Waals surface area contributed by atoms with Crippen molar-refractivity contribution in [3.63, 3.8) is 0 Å². The Morgan fingerprint density at radius 2 is 0.852 bits per heavy atom. The van der Waals surface area contributed by atoms with Crippen molar-refractivity contribution in [3.05, 3.63) is 170 Å². The van der Waals surface area contributed by atoms with Crippen LogP contribution in [0.2, 0.25) is 5.28 Å². The van der Waals surface area contributed by atoms with Crippen molar-refractivity contribution in [2.24, 2.45) is 17.4 Å². The van der Waals surface area contributed by atoms with E-state index < -0.39 is 5.97 Å². The van der Waals surface area contributed by atoms with E-state index in [0.717, 1.165) is 133 Å². The summed E-state index contributed by atoms with van der Waals surface area (Å²) in [7, 11) is 5.42. The molecule has 6 aliphatic rings. The molecule has 0 saturated heterocycles. The van der Waals surface area contributed by atoms with Crippen LogP contribution in [0.4, 0.5) is 34.5 Å². The van der Waals surface area contributed by atoms with Crippen LogP contribution >= 0.6 is 11.6 Å². The number of carboxylic acids is 1. The number of nitrogens with one attached hydrogen (secondary N) is 1. The number of halogens is 1. The van der Waals surface area contributed by atoms with Gasteiger partial charge in [0.2, 0.25) is 28.8 Å². The highest BCUT2D eigenvalue weighted by molar-refractivity contribution is 6.28. The third kappa shape index (κ3) is 23.0. The number of fused-ring (bicyclic) bond motifs is 3. The number of benzene rings is 3. The van der Waals surface area contributed by atoms with Gasteiger partial charge in [0.05, 0.1) is 37.3 Å². The van der Waals surface area contributed by atoms with Gasteiger partial charge in [0.15, 0.2) is 48.6 Å². The average Bonchev–Trinajstić information content (AvgIpc) is 0.943. The average molecular weight is 1490 g/mol. The minimum absolute atomic E-state index is 0. The smallest absolute Gasteiger partial charge is 0.300 e. The summed E-state index contributed by atoms with van der Waals surface area (Å²) >= 11 is 5.97.